The number of benzene rings is 2. The number of carbonyl (C=O) groups is 2. The van der Waals surface area contributed by atoms with Crippen molar-refractivity contribution in [3.8, 4) is 16.9 Å². The lowest BCUT2D eigenvalue weighted by molar-refractivity contribution is -0.123. The van der Waals surface area contributed by atoms with Gasteiger partial charge in [0.15, 0.2) is 11.2 Å². The fourth-order valence-corrected chi connectivity index (χ4v) is 3.91. The molecule has 1 amide bonds. The Morgan fingerprint density at radius 3 is 2.44 bits per heavy atom. The highest BCUT2D eigenvalue weighted by molar-refractivity contribution is 7.14. The number of hydrogen-bond donors (Lipinski definition) is 1. The standard InChI is InChI=1S/C24H22N4O3S/c1-15-13-16(2)28(27-15)20-11-9-19(10-12-20)23(30)31-17(3)22(29)26-24-25-21(14-32-24)18-7-5-4-6-8-18/h4-14,17H,1-3H3,(H,25,26,29). The van der Waals surface area contributed by atoms with Gasteiger partial charge in [0.25, 0.3) is 5.91 Å². The normalized spacial score (nSPS) is 11.7. The lowest BCUT2D eigenvalue weighted by Crippen LogP contribution is -2.30. The molecule has 0 bridgehead atoms. The topological polar surface area (TPSA) is 86.1 Å². The molecule has 0 aliphatic rings. The highest BCUT2D eigenvalue weighted by Crippen LogP contribution is 2.24. The van der Waals surface area contributed by atoms with Crippen molar-refractivity contribution in [2.45, 2.75) is 26.9 Å². The van der Waals surface area contributed by atoms with Gasteiger partial charge in [-0.2, -0.15) is 5.10 Å². The molecule has 7 nitrogen and oxygen atoms in total. The van der Waals surface area contributed by atoms with Crippen LogP contribution in [0.4, 0.5) is 5.13 Å². The van der Waals surface area contributed by atoms with Crippen molar-refractivity contribution >= 4 is 28.3 Å². The minimum atomic E-state index is -0.970. The van der Waals surface area contributed by atoms with Crippen LogP contribution in [0.5, 0.6) is 0 Å². The Morgan fingerprint density at radius 2 is 1.78 bits per heavy atom. The fraction of sp³-hybridized carbons (Fsp3) is 0.167. The third-order valence-corrected chi connectivity index (χ3v) is 5.57. The first-order valence-electron chi connectivity index (χ1n) is 10.1. The number of esters is 1. The van der Waals surface area contributed by atoms with E-state index in [4.69, 9.17) is 4.74 Å². The number of hydrogen-bond acceptors (Lipinski definition) is 6. The van der Waals surface area contributed by atoms with Gasteiger partial charge in [-0.25, -0.2) is 14.5 Å². The monoisotopic (exact) mass is 446 g/mol. The second-order valence-corrected chi connectivity index (χ2v) is 8.18. The van der Waals surface area contributed by atoms with Gasteiger partial charge in [-0.05, 0) is 51.1 Å². The van der Waals surface area contributed by atoms with Crippen LogP contribution in [-0.2, 0) is 9.53 Å². The Bertz CT molecular complexity index is 1250. The van der Waals surface area contributed by atoms with Gasteiger partial charge in [0.1, 0.15) is 0 Å². The number of ether oxygens (including phenoxy) is 1. The summed E-state index contributed by atoms with van der Waals surface area (Å²) < 4.78 is 7.14. The zero-order valence-electron chi connectivity index (χ0n) is 17.9. The number of amides is 1. The van der Waals surface area contributed by atoms with Crippen molar-refractivity contribution in [1.82, 2.24) is 14.8 Å². The van der Waals surface area contributed by atoms with Gasteiger partial charge in [-0.15, -0.1) is 11.3 Å². The largest absolute Gasteiger partial charge is 0.449 e. The second-order valence-electron chi connectivity index (χ2n) is 7.33. The van der Waals surface area contributed by atoms with Gasteiger partial charge in [0.2, 0.25) is 0 Å². The molecule has 0 fully saturated rings. The molecule has 162 valence electrons. The van der Waals surface area contributed by atoms with E-state index in [0.717, 1.165) is 28.3 Å². The predicted octanol–water partition coefficient (Wildman–Crippen LogP) is 4.80. The molecule has 1 atom stereocenters. The van der Waals surface area contributed by atoms with Crippen molar-refractivity contribution in [1.29, 1.82) is 0 Å². The lowest BCUT2D eigenvalue weighted by atomic mass is 10.2. The Hall–Kier alpha value is -3.78. The minimum Gasteiger partial charge on any atom is -0.449 e. The summed E-state index contributed by atoms with van der Waals surface area (Å²) in [6.07, 6.45) is -0.970. The quantitative estimate of drug-likeness (QED) is 0.430. The van der Waals surface area contributed by atoms with Crippen LogP contribution in [-0.4, -0.2) is 32.7 Å². The molecule has 0 spiro atoms. The predicted molar refractivity (Wildman–Crippen MR) is 124 cm³/mol. The number of nitrogens with zero attached hydrogens (tertiary/aromatic N) is 3. The second kappa shape index (κ2) is 9.15. The number of rotatable bonds is 6. The molecule has 2 aromatic heterocycles. The first kappa shape index (κ1) is 21.5. The Morgan fingerprint density at radius 1 is 1.06 bits per heavy atom. The van der Waals surface area contributed by atoms with E-state index < -0.39 is 18.0 Å². The Kier molecular flexibility index (Phi) is 6.13. The van der Waals surface area contributed by atoms with Crippen LogP contribution < -0.4 is 5.32 Å². The van der Waals surface area contributed by atoms with E-state index in [1.165, 1.54) is 18.3 Å². The van der Waals surface area contributed by atoms with Gasteiger partial charge in [0.05, 0.1) is 22.6 Å². The summed E-state index contributed by atoms with van der Waals surface area (Å²) in [6, 6.07) is 18.6. The van der Waals surface area contributed by atoms with E-state index in [9.17, 15) is 9.59 Å². The number of aryl methyl sites for hydroxylation is 2. The fourth-order valence-electron chi connectivity index (χ4n) is 3.19. The van der Waals surface area contributed by atoms with Crippen molar-refractivity contribution in [2.75, 3.05) is 5.32 Å². The van der Waals surface area contributed by atoms with Gasteiger partial charge in [-0.1, -0.05) is 30.3 Å². The van der Waals surface area contributed by atoms with Crippen LogP contribution in [0.15, 0.2) is 66.0 Å². The van der Waals surface area contributed by atoms with Crippen molar-refractivity contribution in [3.63, 3.8) is 0 Å². The number of nitrogens with one attached hydrogen (secondary N) is 1. The van der Waals surface area contributed by atoms with E-state index in [1.807, 2.05) is 55.6 Å². The maximum Gasteiger partial charge on any atom is 0.338 e. The van der Waals surface area contributed by atoms with Crippen molar-refractivity contribution in [2.24, 2.45) is 0 Å². The average Bonchev–Trinajstić information content (AvgIpc) is 3.40. The summed E-state index contributed by atoms with van der Waals surface area (Å²) in [7, 11) is 0. The van der Waals surface area contributed by atoms with Gasteiger partial charge < -0.3 is 4.74 Å². The van der Waals surface area contributed by atoms with E-state index >= 15 is 0 Å². The third kappa shape index (κ3) is 4.76. The van der Waals surface area contributed by atoms with Crippen molar-refractivity contribution in [3.05, 3.63) is 83.0 Å². The molecule has 4 rings (SSSR count). The zero-order valence-corrected chi connectivity index (χ0v) is 18.7. The maximum absolute atomic E-state index is 12.5. The molecule has 2 aromatic carbocycles. The molecule has 1 N–H and O–H groups in total. The highest BCUT2D eigenvalue weighted by atomic mass is 32.1. The van der Waals surface area contributed by atoms with Crippen LogP contribution in [0.3, 0.4) is 0 Å². The number of carbonyl (C=O) groups excluding carboxylic acids is 2. The number of aromatic nitrogens is 3. The van der Waals surface area contributed by atoms with Crippen LogP contribution >= 0.6 is 11.3 Å². The summed E-state index contributed by atoms with van der Waals surface area (Å²) in [5, 5.41) is 9.45. The molecular formula is C24H22N4O3S. The van der Waals surface area contributed by atoms with Crippen LogP contribution in [0.2, 0.25) is 0 Å². The number of thiazole rings is 1. The van der Waals surface area contributed by atoms with Gasteiger partial charge in [-0.3, -0.25) is 10.1 Å². The smallest absolute Gasteiger partial charge is 0.338 e. The maximum atomic E-state index is 12.5. The molecule has 1 unspecified atom stereocenters. The van der Waals surface area contributed by atoms with E-state index in [1.54, 1.807) is 28.9 Å². The Labute approximate surface area is 189 Å². The summed E-state index contributed by atoms with van der Waals surface area (Å²) in [5.41, 5.74) is 4.86. The Balaban J connectivity index is 1.36. The van der Waals surface area contributed by atoms with Crippen LogP contribution in [0.25, 0.3) is 16.9 Å². The van der Waals surface area contributed by atoms with Gasteiger partial charge >= 0.3 is 5.97 Å². The first-order chi connectivity index (χ1) is 15.4. The summed E-state index contributed by atoms with van der Waals surface area (Å²) in [5.74, 6) is -1.01. The van der Waals surface area contributed by atoms with Crippen molar-refractivity contribution < 1.29 is 14.3 Å². The molecule has 2 heterocycles. The molecule has 0 saturated carbocycles. The average molecular weight is 447 g/mol. The molecule has 0 radical (unpaired) electrons. The third-order valence-electron chi connectivity index (χ3n) is 4.81. The lowest BCUT2D eigenvalue weighted by Gasteiger charge is -2.12. The molecule has 0 saturated heterocycles. The summed E-state index contributed by atoms with van der Waals surface area (Å²) in [4.78, 5) is 29.4. The molecule has 0 aliphatic heterocycles. The summed E-state index contributed by atoms with van der Waals surface area (Å²) in [6.45, 7) is 5.42. The SMILES string of the molecule is Cc1cc(C)n(-c2ccc(C(=O)OC(C)C(=O)Nc3nc(-c4ccccc4)cs3)cc2)n1. The van der Waals surface area contributed by atoms with E-state index in [0.29, 0.717) is 10.7 Å². The molecular weight excluding hydrogens is 424 g/mol. The first-order valence-corrected chi connectivity index (χ1v) is 10.9. The van der Waals surface area contributed by atoms with Crippen LogP contribution in [0.1, 0.15) is 28.7 Å². The van der Waals surface area contributed by atoms with E-state index in [-0.39, 0.29) is 0 Å². The van der Waals surface area contributed by atoms with E-state index in [2.05, 4.69) is 15.4 Å². The highest BCUT2D eigenvalue weighted by Gasteiger charge is 2.20. The molecule has 8 heteroatoms. The molecule has 0 aliphatic carbocycles. The van der Waals surface area contributed by atoms with Crippen LogP contribution in [0, 0.1) is 13.8 Å². The molecule has 4 aromatic rings. The summed E-state index contributed by atoms with van der Waals surface area (Å²) >= 11 is 1.32. The zero-order chi connectivity index (χ0) is 22.7. The minimum absolute atomic E-state index is 0.357. The number of anilines is 1. The molecule has 32 heavy (non-hydrogen) atoms. The van der Waals surface area contributed by atoms with Gasteiger partial charge in [0, 0.05) is 16.6 Å².